The van der Waals surface area contributed by atoms with Gasteiger partial charge in [-0.2, -0.15) is 0 Å². The molecule has 59 nitrogen and oxygen atoms in total. The Morgan fingerprint density at radius 3 is 1.01 bits per heavy atom. The second-order valence-corrected chi connectivity index (χ2v) is 33.2. The van der Waals surface area contributed by atoms with Gasteiger partial charge in [0, 0.05) is 41.0 Å². The molecule has 10 aliphatic heterocycles. The van der Waals surface area contributed by atoms with Gasteiger partial charge in [-0.05, 0) is 0 Å². The van der Waals surface area contributed by atoms with Crippen LogP contribution < -0.4 is 26.6 Å². The number of aliphatic carboxylic acids is 1. The number of hydrogen-bond acceptors (Lipinski definition) is 53. The number of carbonyl (C=O) groups is 6. The van der Waals surface area contributed by atoms with Gasteiger partial charge in [-0.3, -0.25) is 24.0 Å². The molecule has 0 aromatic rings. The van der Waals surface area contributed by atoms with Gasteiger partial charge in [0.1, 0.15) is 238 Å². The molecule has 0 bridgehead atoms. The van der Waals surface area contributed by atoms with Crippen LogP contribution in [0.15, 0.2) is 0 Å². The first-order valence-corrected chi connectivity index (χ1v) is 41.8. The van der Waals surface area contributed by atoms with E-state index in [1.54, 1.807) is 0 Å². The van der Waals surface area contributed by atoms with E-state index in [0.717, 1.165) is 34.6 Å². The van der Waals surface area contributed by atoms with Crippen molar-refractivity contribution < 1.29 is 267 Å². The average Bonchev–Trinajstić information content (AvgIpc) is 0.768. The molecule has 10 fully saturated rings. The fraction of sp³-hybridized carbons (Fsp3) is 0.918. The van der Waals surface area contributed by atoms with E-state index >= 15 is 0 Å². The lowest BCUT2D eigenvalue weighted by atomic mass is 9.88. The molecular formula is C73H121N5O54. The van der Waals surface area contributed by atoms with Crippen LogP contribution in [0.3, 0.4) is 0 Å². The van der Waals surface area contributed by atoms with E-state index < -0.39 is 420 Å². The molecule has 10 aliphatic rings. The molecule has 0 aromatic carbocycles. The SMILES string of the molecule is CC(=O)N[C@H]1[C@H]([C@H](O)[C@H](O)CO)OC(OC[C@H]2OC(O[C@H]3[C@H](O)[C@@H](NC(C)=O)C(O[C@@H]4C(OC[C@H]5OC(O[C@H]6[C@H](O)[C@@H](NC(C)=O)C(O[C@H]7[C@H](O)[C@@H](NC(C)=O)C(O)O[C@@H]7CO)O[C@@H]6CO)[C@@H](O)[C@@H](OC6O[C@H](CO)[C@@H](O)[C@H](O)[C@@H]6OC6O[C@H](CO)[C@@H](OC7O[C@H](CO)[C@H](O)[C@H](O)[C@H]7O)[C@H](O)[C@H]6NC(C)=O)[C@@H]5O)O[C@H](CO)[C@@H](O)[C@@H]4O)O[C@@H]3CO)[C@H](O)[C@@H](O)[C@H]2O)(C(=O)O)C[C@@H]1O. The summed E-state index contributed by atoms with van der Waals surface area (Å²) in [5.41, 5.74) is 0. The molecule has 0 aliphatic carbocycles. The summed E-state index contributed by atoms with van der Waals surface area (Å²) >= 11 is 0. The highest BCUT2D eigenvalue weighted by atomic mass is 16.8. The molecule has 0 saturated carbocycles. The zero-order chi connectivity index (χ0) is 97.6. The summed E-state index contributed by atoms with van der Waals surface area (Å²) in [6.45, 7) is -7.14. The van der Waals surface area contributed by atoms with E-state index in [0.29, 0.717) is 0 Å². The molecule has 34 N–H and O–H groups in total. The van der Waals surface area contributed by atoms with Crippen LogP contribution in [0.5, 0.6) is 0 Å². The zero-order valence-electron chi connectivity index (χ0n) is 70.8. The van der Waals surface area contributed by atoms with Gasteiger partial charge in [0.25, 0.3) is 5.79 Å². The lowest BCUT2D eigenvalue weighted by Crippen LogP contribution is -2.71. The van der Waals surface area contributed by atoms with Gasteiger partial charge in [-0.25, -0.2) is 4.79 Å². The summed E-state index contributed by atoms with van der Waals surface area (Å²) in [4.78, 5) is 76.7. The number of amides is 5. The standard InChI is InChI=1S/C73H121N5O54/c1-17(87)74-33-22(92)6-73(72(112)113,132-59(33)38(94)23(93)7-79)115-16-32-42(98)49(105)53(109)68(124-32)127-57-29(13-85)121-65(36(46(57)102)77-20(4)90)130-61-50(106)40(96)25(9-81)118-70(61)114-15-31-43(99)60(54(110)69(123-31)128-58-30(14-86)120-64(35(45(58)101)76-19(3)89)125-55-27(11-83)116-63(111)34(44(55)100)75-18(2)88)129-71-62(51(107)41(97)26(10-82)119-71)131-66-37(78-21(5)91)47(103)56(28(12-84)122-66)126-67-52(108)48(104)39(95)24(8-80)117-67/h22-71,79-86,92-111H,6-16H2,1-5H3,(H,74,87)(H,75,88)(H,76,89)(H,77,90)(H,78,91)(H,112,113)/t22-,23+,24+,25+,26+,27+,28+,29+,30+,31+,32+,33+,34+,35+,36+,37+,38+,39-,40+,41+,42-,43+,44+,45+,46+,47+,48-,49-,50-,51-,52+,53+,54-,55+,56+,57+,58+,59+,60-,61-,62-,63?,64?,65?,66?,67?,68?,69?,70?,71?,73?/m0/s1. The van der Waals surface area contributed by atoms with E-state index in [1.165, 1.54) is 0 Å². The number of carboxylic acid groups (broad SMARTS) is 1. The Morgan fingerprint density at radius 2 is 0.614 bits per heavy atom. The third-order valence-corrected chi connectivity index (χ3v) is 23.8. The molecular weight excluding hydrogens is 1810 g/mol. The molecule has 10 rings (SSSR count). The summed E-state index contributed by atoms with van der Waals surface area (Å²) < 4.78 is 113. The molecule has 0 aromatic heterocycles. The van der Waals surface area contributed by atoms with Crippen molar-refractivity contribution in [2.75, 3.05) is 66.1 Å². The number of aliphatic hydroxyl groups is 28. The van der Waals surface area contributed by atoms with E-state index in [1.807, 2.05) is 0 Å². The van der Waals surface area contributed by atoms with Crippen molar-refractivity contribution >= 4 is 35.5 Å². The minimum Gasteiger partial charge on any atom is -0.477 e. The summed E-state index contributed by atoms with van der Waals surface area (Å²) in [5.74, 6) is -9.82. The van der Waals surface area contributed by atoms with Crippen LogP contribution in [0, 0.1) is 0 Å². The number of aliphatic hydroxyl groups excluding tert-OH is 28. The van der Waals surface area contributed by atoms with Crippen molar-refractivity contribution in [2.24, 2.45) is 0 Å². The fourth-order valence-corrected chi connectivity index (χ4v) is 16.9. The van der Waals surface area contributed by atoms with Crippen molar-refractivity contribution in [3.05, 3.63) is 0 Å². The van der Waals surface area contributed by atoms with Crippen molar-refractivity contribution in [3.8, 4) is 0 Å². The largest absolute Gasteiger partial charge is 0.477 e. The Morgan fingerprint density at radius 1 is 0.311 bits per heavy atom. The van der Waals surface area contributed by atoms with Crippen LogP contribution in [0.4, 0.5) is 0 Å². The fourth-order valence-electron chi connectivity index (χ4n) is 16.9. The van der Waals surface area contributed by atoms with Crippen molar-refractivity contribution in [3.63, 3.8) is 0 Å². The molecule has 132 heavy (non-hydrogen) atoms. The van der Waals surface area contributed by atoms with Crippen LogP contribution in [0.25, 0.3) is 0 Å². The third-order valence-electron chi connectivity index (χ3n) is 23.8. The van der Waals surface area contributed by atoms with Crippen LogP contribution in [0.1, 0.15) is 41.0 Å². The molecule has 10 saturated heterocycles. The third kappa shape index (κ3) is 24.1. The second kappa shape index (κ2) is 47.3. The van der Waals surface area contributed by atoms with Gasteiger partial charge in [-0.1, -0.05) is 0 Å². The number of rotatable bonds is 36. The van der Waals surface area contributed by atoms with Crippen molar-refractivity contribution in [1.82, 2.24) is 26.6 Å². The Kier molecular flexibility index (Phi) is 39.0. The Hall–Kier alpha value is -5.06. The minimum absolute atomic E-state index is 0.814. The number of carbonyl (C=O) groups excluding carboxylic acids is 5. The van der Waals surface area contributed by atoms with Crippen LogP contribution >= 0.6 is 0 Å². The average molecular weight is 1930 g/mol. The summed E-state index contributed by atoms with van der Waals surface area (Å²) in [6, 6.07) is -9.42. The smallest absolute Gasteiger partial charge is 0.364 e. The maximum atomic E-state index is 13.2. The van der Waals surface area contributed by atoms with Crippen LogP contribution in [-0.2, 0) is 119 Å². The van der Waals surface area contributed by atoms with Crippen LogP contribution in [-0.4, -0.2) is 562 Å². The molecule has 0 spiro atoms. The van der Waals surface area contributed by atoms with Gasteiger partial charge < -0.3 is 265 Å². The Bertz CT molecular complexity index is 3680. The Labute approximate surface area is 746 Å². The number of nitrogens with one attached hydrogen (secondary N) is 5. The van der Waals surface area contributed by atoms with Crippen LogP contribution in [0.2, 0.25) is 0 Å². The van der Waals surface area contributed by atoms with Gasteiger partial charge in [0.2, 0.25) is 29.5 Å². The van der Waals surface area contributed by atoms with Gasteiger partial charge >= 0.3 is 5.97 Å². The highest BCUT2D eigenvalue weighted by molar-refractivity contribution is 5.77. The van der Waals surface area contributed by atoms with Crippen molar-refractivity contribution in [1.29, 1.82) is 0 Å². The van der Waals surface area contributed by atoms with Gasteiger partial charge in [-0.15, -0.1) is 0 Å². The minimum atomic E-state index is -3.10. The molecule has 762 valence electrons. The molecule has 5 amide bonds. The predicted octanol–water partition coefficient (Wildman–Crippen LogP) is -22.9. The first kappa shape index (κ1) is 109. The van der Waals surface area contributed by atoms with Gasteiger partial charge in [0.05, 0.1) is 78.2 Å². The Balaban J connectivity index is 0.953. The molecule has 0 radical (unpaired) electrons. The summed E-state index contributed by atoms with van der Waals surface area (Å²) in [7, 11) is 0. The van der Waals surface area contributed by atoms with E-state index in [9.17, 15) is 177 Å². The predicted molar refractivity (Wildman–Crippen MR) is 405 cm³/mol. The monoisotopic (exact) mass is 1930 g/mol. The second-order valence-electron chi connectivity index (χ2n) is 33.2. The molecule has 10 heterocycles. The zero-order valence-corrected chi connectivity index (χ0v) is 70.8. The van der Waals surface area contributed by atoms with E-state index in [4.69, 9.17) is 90.0 Å². The lowest BCUT2D eigenvalue weighted by molar-refractivity contribution is -0.399. The number of hydrogen-bond donors (Lipinski definition) is 34. The normalized spacial score (nSPS) is 47.2. The molecule has 10 unspecified atom stereocenters. The summed E-state index contributed by atoms with van der Waals surface area (Å²) in [5, 5.41) is 336. The first-order valence-electron chi connectivity index (χ1n) is 41.8. The van der Waals surface area contributed by atoms with Gasteiger partial charge in [0.15, 0.2) is 56.6 Å². The van der Waals surface area contributed by atoms with E-state index in [-0.39, 0.29) is 0 Å². The molecule has 59 heteroatoms. The quantitative estimate of drug-likeness (QED) is 0.0277. The lowest BCUT2D eigenvalue weighted by Gasteiger charge is -2.51. The maximum absolute atomic E-state index is 13.2. The highest BCUT2D eigenvalue weighted by Gasteiger charge is 2.63. The number of ether oxygens (including phenoxy) is 19. The van der Waals surface area contributed by atoms with E-state index in [2.05, 4.69) is 26.6 Å². The summed E-state index contributed by atoms with van der Waals surface area (Å²) in [6.07, 6.45) is -99.2. The highest BCUT2D eigenvalue weighted by Crippen LogP contribution is 2.42. The maximum Gasteiger partial charge on any atom is 0.364 e. The first-order chi connectivity index (χ1) is 62.3. The number of carboxylic acids is 1. The van der Waals surface area contributed by atoms with Crippen molar-refractivity contribution in [2.45, 2.75) is 353 Å². The molecule has 51 atom stereocenters. The topological polar surface area (TPSA) is 925 Å².